The molecule has 1 atom stereocenters. The van der Waals surface area contributed by atoms with E-state index in [-0.39, 0.29) is 0 Å². The fourth-order valence-electron chi connectivity index (χ4n) is 1.38. The van der Waals surface area contributed by atoms with Crippen molar-refractivity contribution >= 4 is 17.9 Å². The number of amides is 3. The van der Waals surface area contributed by atoms with Gasteiger partial charge in [0.05, 0.1) is 7.11 Å². The summed E-state index contributed by atoms with van der Waals surface area (Å²) >= 11 is 0. The van der Waals surface area contributed by atoms with Gasteiger partial charge in [-0.25, -0.2) is 9.59 Å². The molecule has 21 heavy (non-hydrogen) atoms. The number of primary amides is 1. The highest BCUT2D eigenvalue weighted by atomic mass is 16.6. The molecule has 0 radical (unpaired) electrons. The Morgan fingerprint density at radius 1 is 1.24 bits per heavy atom. The summed E-state index contributed by atoms with van der Waals surface area (Å²) in [4.78, 5) is 33.3. The van der Waals surface area contributed by atoms with Gasteiger partial charge in [-0.1, -0.05) is 12.1 Å². The summed E-state index contributed by atoms with van der Waals surface area (Å²) in [6.07, 6.45) is -1.16. The number of urea groups is 1. The maximum atomic E-state index is 11.5. The SMILES string of the molecule is COc1ccccc1OCC(=O)O[C@@H](C)C(=O)NC(N)=O. The van der Waals surface area contributed by atoms with E-state index in [0.29, 0.717) is 11.5 Å². The van der Waals surface area contributed by atoms with Crippen LogP contribution < -0.4 is 20.5 Å². The molecule has 8 heteroatoms. The van der Waals surface area contributed by atoms with Crippen molar-refractivity contribution in [3.63, 3.8) is 0 Å². The zero-order valence-corrected chi connectivity index (χ0v) is 11.6. The summed E-state index contributed by atoms with van der Waals surface area (Å²) in [6.45, 7) is 0.897. The topological polar surface area (TPSA) is 117 Å². The first kappa shape index (κ1) is 16.3. The lowest BCUT2D eigenvalue weighted by atomic mass is 10.3. The van der Waals surface area contributed by atoms with Crippen molar-refractivity contribution in [3.05, 3.63) is 24.3 Å². The Labute approximate surface area is 121 Å². The van der Waals surface area contributed by atoms with E-state index in [1.807, 2.05) is 0 Å². The number of ether oxygens (including phenoxy) is 3. The van der Waals surface area contributed by atoms with Gasteiger partial charge in [-0.3, -0.25) is 10.1 Å². The van der Waals surface area contributed by atoms with Crippen molar-refractivity contribution in [2.24, 2.45) is 5.73 Å². The molecule has 114 valence electrons. The van der Waals surface area contributed by atoms with E-state index >= 15 is 0 Å². The molecule has 0 bridgehead atoms. The molecule has 0 aliphatic heterocycles. The maximum Gasteiger partial charge on any atom is 0.344 e. The molecule has 0 unspecified atom stereocenters. The first-order valence-electron chi connectivity index (χ1n) is 5.99. The number of esters is 1. The highest BCUT2D eigenvalue weighted by Crippen LogP contribution is 2.25. The number of hydrogen-bond acceptors (Lipinski definition) is 6. The van der Waals surface area contributed by atoms with E-state index in [1.54, 1.807) is 29.6 Å². The van der Waals surface area contributed by atoms with Gasteiger partial charge in [0.1, 0.15) is 0 Å². The fourth-order valence-corrected chi connectivity index (χ4v) is 1.38. The summed E-state index contributed by atoms with van der Waals surface area (Å²) in [5.41, 5.74) is 4.78. The van der Waals surface area contributed by atoms with Gasteiger partial charge in [-0.2, -0.15) is 0 Å². The van der Waals surface area contributed by atoms with Crippen LogP contribution in [0.1, 0.15) is 6.92 Å². The van der Waals surface area contributed by atoms with Gasteiger partial charge in [0.2, 0.25) is 0 Å². The summed E-state index contributed by atoms with van der Waals surface area (Å²) in [7, 11) is 1.47. The molecule has 0 aliphatic carbocycles. The zero-order chi connectivity index (χ0) is 15.8. The Kier molecular flexibility index (Phi) is 5.99. The van der Waals surface area contributed by atoms with E-state index in [1.165, 1.54) is 14.0 Å². The van der Waals surface area contributed by atoms with Gasteiger partial charge in [0, 0.05) is 0 Å². The van der Waals surface area contributed by atoms with Gasteiger partial charge in [-0.05, 0) is 19.1 Å². The van der Waals surface area contributed by atoms with Gasteiger partial charge < -0.3 is 19.9 Å². The molecule has 1 aromatic rings. The number of imide groups is 1. The first-order chi connectivity index (χ1) is 9.93. The number of hydrogen-bond donors (Lipinski definition) is 2. The third-order valence-corrected chi connectivity index (χ3v) is 2.34. The van der Waals surface area contributed by atoms with E-state index in [2.05, 4.69) is 0 Å². The van der Waals surface area contributed by atoms with E-state index in [9.17, 15) is 14.4 Å². The number of rotatable bonds is 6. The largest absolute Gasteiger partial charge is 0.493 e. The number of nitrogens with one attached hydrogen (secondary N) is 1. The van der Waals surface area contributed by atoms with Crippen LogP contribution in [0.4, 0.5) is 4.79 Å². The lowest BCUT2D eigenvalue weighted by Crippen LogP contribution is -2.42. The molecule has 0 fully saturated rings. The minimum Gasteiger partial charge on any atom is -0.493 e. The molecule has 0 saturated carbocycles. The number of benzene rings is 1. The number of nitrogens with two attached hydrogens (primary N) is 1. The standard InChI is InChI=1S/C13H16N2O6/c1-8(12(17)15-13(14)18)21-11(16)7-20-10-6-4-3-5-9(10)19-2/h3-6,8H,7H2,1-2H3,(H3,14,15,17,18)/t8-/m0/s1. The Morgan fingerprint density at radius 2 is 1.86 bits per heavy atom. The van der Waals surface area contributed by atoms with Crippen LogP contribution in [-0.2, 0) is 14.3 Å². The number of para-hydroxylation sites is 2. The third-order valence-electron chi connectivity index (χ3n) is 2.34. The molecule has 0 aliphatic rings. The van der Waals surface area contributed by atoms with Crippen LogP contribution in [0.15, 0.2) is 24.3 Å². The van der Waals surface area contributed by atoms with Crippen molar-refractivity contribution in [1.29, 1.82) is 0 Å². The first-order valence-corrected chi connectivity index (χ1v) is 5.99. The fraction of sp³-hybridized carbons (Fsp3) is 0.308. The second-order valence-corrected chi connectivity index (χ2v) is 3.93. The number of methoxy groups -OCH3 is 1. The Bertz CT molecular complexity index is 531. The summed E-state index contributed by atoms with van der Waals surface area (Å²) in [5, 5.41) is 1.80. The summed E-state index contributed by atoms with van der Waals surface area (Å²) in [6, 6.07) is 5.74. The summed E-state index contributed by atoms with van der Waals surface area (Å²) in [5.74, 6) is -0.753. The van der Waals surface area contributed by atoms with Crippen molar-refractivity contribution in [3.8, 4) is 11.5 Å². The smallest absolute Gasteiger partial charge is 0.344 e. The van der Waals surface area contributed by atoms with E-state index < -0.39 is 30.6 Å². The van der Waals surface area contributed by atoms with Crippen LogP contribution in [0, 0.1) is 0 Å². The normalized spacial score (nSPS) is 11.1. The number of carbonyl (C=O) groups excluding carboxylic acids is 3. The van der Waals surface area contributed by atoms with Crippen LogP contribution in [0.3, 0.4) is 0 Å². The van der Waals surface area contributed by atoms with Gasteiger partial charge in [0.15, 0.2) is 24.2 Å². The molecular weight excluding hydrogens is 280 g/mol. The Balaban J connectivity index is 2.47. The molecule has 1 aromatic carbocycles. The predicted octanol–water partition coefficient (Wildman–Crippen LogP) is 0.201. The van der Waals surface area contributed by atoms with Crippen molar-refractivity contribution in [2.75, 3.05) is 13.7 Å². The third kappa shape index (κ3) is 5.39. The minimum absolute atomic E-state index is 0.367. The number of carbonyl (C=O) groups is 3. The van der Waals surface area contributed by atoms with Gasteiger partial charge in [0.25, 0.3) is 5.91 Å². The van der Waals surface area contributed by atoms with Crippen molar-refractivity contribution < 1.29 is 28.6 Å². The molecule has 0 aromatic heterocycles. The lowest BCUT2D eigenvalue weighted by Gasteiger charge is -2.13. The second-order valence-electron chi connectivity index (χ2n) is 3.93. The Morgan fingerprint density at radius 3 is 2.43 bits per heavy atom. The molecule has 0 heterocycles. The molecule has 8 nitrogen and oxygen atoms in total. The Hall–Kier alpha value is -2.77. The molecule has 0 saturated heterocycles. The average molecular weight is 296 g/mol. The molecule has 3 N–H and O–H groups in total. The van der Waals surface area contributed by atoms with E-state index in [0.717, 1.165) is 0 Å². The van der Waals surface area contributed by atoms with Gasteiger partial charge >= 0.3 is 12.0 Å². The molecule has 0 spiro atoms. The molecule has 1 rings (SSSR count). The quantitative estimate of drug-likeness (QED) is 0.724. The van der Waals surface area contributed by atoms with E-state index in [4.69, 9.17) is 19.9 Å². The van der Waals surface area contributed by atoms with Crippen molar-refractivity contribution in [2.45, 2.75) is 13.0 Å². The average Bonchev–Trinajstić information content (AvgIpc) is 2.44. The maximum absolute atomic E-state index is 11.5. The molecular formula is C13H16N2O6. The highest BCUT2D eigenvalue weighted by Gasteiger charge is 2.19. The van der Waals surface area contributed by atoms with Crippen LogP contribution in [0.2, 0.25) is 0 Å². The van der Waals surface area contributed by atoms with Crippen LogP contribution in [0.5, 0.6) is 11.5 Å². The molecule has 3 amide bonds. The minimum atomic E-state index is -1.16. The summed E-state index contributed by atoms with van der Waals surface area (Å²) < 4.78 is 15.1. The second kappa shape index (κ2) is 7.73. The highest BCUT2D eigenvalue weighted by molar-refractivity contribution is 5.96. The van der Waals surface area contributed by atoms with Crippen LogP contribution in [-0.4, -0.2) is 37.7 Å². The predicted molar refractivity (Wildman–Crippen MR) is 71.8 cm³/mol. The van der Waals surface area contributed by atoms with Crippen LogP contribution >= 0.6 is 0 Å². The monoisotopic (exact) mass is 296 g/mol. The van der Waals surface area contributed by atoms with Crippen molar-refractivity contribution in [1.82, 2.24) is 5.32 Å². The van der Waals surface area contributed by atoms with Crippen LogP contribution in [0.25, 0.3) is 0 Å². The van der Waals surface area contributed by atoms with Gasteiger partial charge in [-0.15, -0.1) is 0 Å². The zero-order valence-electron chi connectivity index (χ0n) is 11.6. The lowest BCUT2D eigenvalue weighted by molar-refractivity contribution is -0.156.